The van der Waals surface area contributed by atoms with E-state index >= 15 is 0 Å². The fourth-order valence-corrected chi connectivity index (χ4v) is 1.38. The quantitative estimate of drug-likeness (QED) is 0.691. The van der Waals surface area contributed by atoms with Crippen molar-refractivity contribution in [3.05, 3.63) is 28.4 Å². The van der Waals surface area contributed by atoms with Crippen LogP contribution in [0, 0.1) is 6.92 Å². The van der Waals surface area contributed by atoms with E-state index in [1.54, 1.807) is 6.20 Å². The molecule has 0 aliphatic carbocycles. The number of rotatable bonds is 2. The van der Waals surface area contributed by atoms with E-state index in [-0.39, 0.29) is 12.1 Å². The molecule has 0 amide bonds. The van der Waals surface area contributed by atoms with Crippen molar-refractivity contribution in [2.24, 2.45) is 0 Å². The average molecular weight is 191 g/mol. The number of carbonyl (C=O) groups excluding carboxylic acids is 1. The molecule has 5 heteroatoms. The zero-order chi connectivity index (χ0) is 10.1. The highest BCUT2D eigenvalue weighted by Gasteiger charge is 2.06. The minimum Gasteiger partial charge on any atom is -0.355 e. The molecule has 0 saturated carbocycles. The predicted molar refractivity (Wildman–Crippen MR) is 51.2 cm³/mol. The standard InChI is InChI=1S/C9H9N3O2/c1-6-4-10-8-7(6)11-5-12(2-3-13)9(8)14/h3-5,10H,2H2,1H3. The molecule has 2 aromatic rings. The Hall–Kier alpha value is -1.91. The molecule has 0 radical (unpaired) electrons. The van der Waals surface area contributed by atoms with Crippen molar-refractivity contribution in [3.8, 4) is 0 Å². The number of nitrogens with zero attached hydrogens (tertiary/aromatic N) is 2. The van der Waals surface area contributed by atoms with Crippen molar-refractivity contribution in [1.82, 2.24) is 14.5 Å². The highest BCUT2D eigenvalue weighted by Crippen LogP contribution is 2.09. The van der Waals surface area contributed by atoms with Gasteiger partial charge in [0.2, 0.25) is 0 Å². The molecule has 0 unspecified atom stereocenters. The van der Waals surface area contributed by atoms with Crippen LogP contribution in [0.3, 0.4) is 0 Å². The lowest BCUT2D eigenvalue weighted by atomic mass is 10.3. The molecule has 0 saturated heterocycles. The summed E-state index contributed by atoms with van der Waals surface area (Å²) >= 11 is 0. The lowest BCUT2D eigenvalue weighted by Crippen LogP contribution is -2.21. The average Bonchev–Trinajstić information content (AvgIpc) is 2.54. The van der Waals surface area contributed by atoms with Crippen LogP contribution in [0.25, 0.3) is 11.0 Å². The van der Waals surface area contributed by atoms with E-state index in [2.05, 4.69) is 9.97 Å². The Kier molecular flexibility index (Phi) is 1.92. The molecule has 5 nitrogen and oxygen atoms in total. The summed E-state index contributed by atoms with van der Waals surface area (Å²) in [6, 6.07) is 0. The van der Waals surface area contributed by atoms with Gasteiger partial charge in [0.15, 0.2) is 0 Å². The van der Waals surface area contributed by atoms with Gasteiger partial charge in [0.05, 0.1) is 18.4 Å². The molecule has 14 heavy (non-hydrogen) atoms. The van der Waals surface area contributed by atoms with E-state index in [9.17, 15) is 9.59 Å². The van der Waals surface area contributed by atoms with Gasteiger partial charge in [-0.15, -0.1) is 0 Å². The second-order valence-corrected chi connectivity index (χ2v) is 3.06. The Morgan fingerprint density at radius 1 is 1.64 bits per heavy atom. The first-order valence-corrected chi connectivity index (χ1v) is 4.21. The van der Waals surface area contributed by atoms with Crippen molar-refractivity contribution in [1.29, 1.82) is 0 Å². The third kappa shape index (κ3) is 1.14. The lowest BCUT2D eigenvalue weighted by Gasteiger charge is -1.98. The normalized spacial score (nSPS) is 10.6. The van der Waals surface area contributed by atoms with Gasteiger partial charge in [-0.3, -0.25) is 9.36 Å². The summed E-state index contributed by atoms with van der Waals surface area (Å²) in [6.07, 6.45) is 3.79. The third-order valence-corrected chi connectivity index (χ3v) is 2.12. The zero-order valence-corrected chi connectivity index (χ0v) is 7.65. The van der Waals surface area contributed by atoms with Crippen molar-refractivity contribution < 1.29 is 4.79 Å². The van der Waals surface area contributed by atoms with Crippen LogP contribution in [0.15, 0.2) is 17.3 Å². The van der Waals surface area contributed by atoms with Gasteiger partial charge >= 0.3 is 0 Å². The number of nitrogens with one attached hydrogen (secondary N) is 1. The topological polar surface area (TPSA) is 67.8 Å². The van der Waals surface area contributed by atoms with Gasteiger partial charge in [-0.2, -0.15) is 0 Å². The van der Waals surface area contributed by atoms with Crippen LogP contribution in [-0.4, -0.2) is 20.8 Å². The largest absolute Gasteiger partial charge is 0.355 e. The number of carbonyl (C=O) groups is 1. The molecular formula is C9H9N3O2. The maximum Gasteiger partial charge on any atom is 0.278 e. The molecule has 1 N–H and O–H groups in total. The van der Waals surface area contributed by atoms with E-state index in [1.807, 2.05) is 6.92 Å². The number of aromatic amines is 1. The zero-order valence-electron chi connectivity index (χ0n) is 7.65. The van der Waals surface area contributed by atoms with Crippen molar-refractivity contribution >= 4 is 17.3 Å². The van der Waals surface area contributed by atoms with Gasteiger partial charge in [-0.05, 0) is 12.5 Å². The van der Waals surface area contributed by atoms with E-state index in [0.717, 1.165) is 5.56 Å². The maximum absolute atomic E-state index is 11.7. The molecular weight excluding hydrogens is 182 g/mol. The number of hydrogen-bond acceptors (Lipinski definition) is 3. The van der Waals surface area contributed by atoms with Crippen molar-refractivity contribution in [3.63, 3.8) is 0 Å². The van der Waals surface area contributed by atoms with E-state index < -0.39 is 0 Å². The second-order valence-electron chi connectivity index (χ2n) is 3.06. The summed E-state index contributed by atoms with van der Waals surface area (Å²) in [7, 11) is 0. The number of H-pyrrole nitrogens is 1. The summed E-state index contributed by atoms with van der Waals surface area (Å²) in [6.45, 7) is 1.91. The van der Waals surface area contributed by atoms with Crippen LogP contribution in [0.2, 0.25) is 0 Å². The Morgan fingerprint density at radius 3 is 3.14 bits per heavy atom. The van der Waals surface area contributed by atoms with Gasteiger partial charge in [0.1, 0.15) is 11.8 Å². The van der Waals surface area contributed by atoms with Gasteiger partial charge in [-0.1, -0.05) is 0 Å². The third-order valence-electron chi connectivity index (χ3n) is 2.12. The molecule has 72 valence electrons. The number of hydrogen-bond donors (Lipinski definition) is 1. The summed E-state index contributed by atoms with van der Waals surface area (Å²) in [5, 5.41) is 0. The Bertz CT molecular complexity index is 538. The van der Waals surface area contributed by atoms with Gasteiger partial charge in [0, 0.05) is 6.20 Å². The Morgan fingerprint density at radius 2 is 2.43 bits per heavy atom. The van der Waals surface area contributed by atoms with E-state index in [0.29, 0.717) is 17.3 Å². The number of fused-ring (bicyclic) bond motifs is 1. The van der Waals surface area contributed by atoms with E-state index in [4.69, 9.17) is 0 Å². The first-order chi connectivity index (χ1) is 6.74. The van der Waals surface area contributed by atoms with Crippen molar-refractivity contribution in [2.75, 3.05) is 0 Å². The lowest BCUT2D eigenvalue weighted by molar-refractivity contribution is -0.108. The van der Waals surface area contributed by atoms with Crippen LogP contribution in [0.1, 0.15) is 5.56 Å². The summed E-state index contributed by atoms with van der Waals surface area (Å²) < 4.78 is 1.27. The second kappa shape index (κ2) is 3.10. The Balaban J connectivity index is 2.76. The summed E-state index contributed by atoms with van der Waals surface area (Å²) in [5.41, 5.74) is 1.83. The van der Waals surface area contributed by atoms with Gasteiger partial charge in [0.25, 0.3) is 5.56 Å². The molecule has 2 aromatic heterocycles. The molecule has 2 heterocycles. The molecule has 0 aliphatic heterocycles. The van der Waals surface area contributed by atoms with Gasteiger partial charge in [-0.25, -0.2) is 4.98 Å². The molecule has 0 fully saturated rings. The highest BCUT2D eigenvalue weighted by atomic mass is 16.1. The number of aryl methyl sites for hydroxylation is 1. The first-order valence-electron chi connectivity index (χ1n) is 4.21. The van der Waals surface area contributed by atoms with Crippen LogP contribution >= 0.6 is 0 Å². The minimum atomic E-state index is -0.213. The van der Waals surface area contributed by atoms with Crippen molar-refractivity contribution in [2.45, 2.75) is 13.5 Å². The Labute approximate surface area is 79.4 Å². The fraction of sp³-hybridized carbons (Fsp3) is 0.222. The molecule has 2 rings (SSSR count). The van der Waals surface area contributed by atoms with Crippen LogP contribution < -0.4 is 5.56 Å². The van der Waals surface area contributed by atoms with Crippen LogP contribution in [0.5, 0.6) is 0 Å². The summed E-state index contributed by atoms with van der Waals surface area (Å²) in [4.78, 5) is 28.9. The molecule has 0 aromatic carbocycles. The number of aldehydes is 1. The molecule has 0 spiro atoms. The van der Waals surface area contributed by atoms with Gasteiger partial charge < -0.3 is 9.78 Å². The smallest absolute Gasteiger partial charge is 0.278 e. The number of aromatic nitrogens is 3. The minimum absolute atomic E-state index is 0.0415. The molecule has 0 atom stereocenters. The maximum atomic E-state index is 11.7. The fourth-order valence-electron chi connectivity index (χ4n) is 1.38. The molecule has 0 aliphatic rings. The highest BCUT2D eigenvalue weighted by molar-refractivity contribution is 5.77. The SMILES string of the molecule is Cc1c[nH]c2c(=O)n(CC=O)cnc12. The molecule has 0 bridgehead atoms. The van der Waals surface area contributed by atoms with Crippen LogP contribution in [0.4, 0.5) is 0 Å². The predicted octanol–water partition coefficient (Wildman–Crippen LogP) is 0.232. The van der Waals surface area contributed by atoms with E-state index in [1.165, 1.54) is 10.9 Å². The monoisotopic (exact) mass is 191 g/mol. The van der Waals surface area contributed by atoms with Crippen LogP contribution in [-0.2, 0) is 11.3 Å². The summed E-state index contributed by atoms with van der Waals surface area (Å²) in [5.74, 6) is 0. The first kappa shape index (κ1) is 8.68.